The van der Waals surface area contributed by atoms with Crippen LogP contribution in [-0.2, 0) is 12.8 Å². The number of phenolic OH excluding ortho intramolecular Hbond substituents is 2. The molecule has 220 valence electrons. The van der Waals surface area contributed by atoms with Gasteiger partial charge in [-0.25, -0.2) is 0 Å². The summed E-state index contributed by atoms with van der Waals surface area (Å²) in [5.41, 5.74) is 6.39. The molecule has 0 amide bonds. The third-order valence-electron chi connectivity index (χ3n) is 10.7. The van der Waals surface area contributed by atoms with Gasteiger partial charge >= 0.3 is 0 Å². The maximum absolute atomic E-state index is 12.2. The fraction of sp³-hybridized carbons (Fsp3) is 0.263. The van der Waals surface area contributed by atoms with E-state index in [2.05, 4.69) is 41.3 Å². The van der Waals surface area contributed by atoms with E-state index in [4.69, 9.17) is 0 Å². The smallest absolute Gasteiger partial charge is 0.123 e. The highest BCUT2D eigenvalue weighted by molar-refractivity contribution is 6.19. The molecule has 0 saturated heterocycles. The van der Waals surface area contributed by atoms with Crippen molar-refractivity contribution in [2.75, 3.05) is 37.0 Å². The van der Waals surface area contributed by atoms with Gasteiger partial charge in [-0.05, 0) is 58.0 Å². The monoisotopic (exact) mass is 582 g/mol. The average Bonchev–Trinajstić information content (AvgIpc) is 3.02. The van der Waals surface area contributed by atoms with Crippen LogP contribution >= 0.6 is 0 Å². The minimum Gasteiger partial charge on any atom is -0.507 e. The Kier molecular flexibility index (Phi) is 5.31. The molecule has 6 aromatic rings. The first-order valence-corrected chi connectivity index (χ1v) is 15.5. The van der Waals surface area contributed by atoms with Crippen LogP contribution in [0, 0.1) is 0 Å². The third kappa shape index (κ3) is 3.17. The molecule has 2 unspecified atom stereocenters. The summed E-state index contributed by atoms with van der Waals surface area (Å²) in [7, 11) is 3.89. The van der Waals surface area contributed by atoms with Crippen molar-refractivity contribution in [1.82, 2.24) is 0 Å². The molecule has 6 heteroatoms. The van der Waals surface area contributed by atoms with Crippen molar-refractivity contribution >= 4 is 54.5 Å². The molecule has 9 rings (SSSR count). The molecule has 2 heterocycles. The number of fused-ring (bicyclic) bond motifs is 2. The van der Waals surface area contributed by atoms with Gasteiger partial charge in [-0.15, -0.1) is 0 Å². The summed E-state index contributed by atoms with van der Waals surface area (Å²) in [5.74, 6) is -1.12. The fourth-order valence-electron chi connectivity index (χ4n) is 8.93. The SMILES string of the molecule is CN(C)c1c2cccc(O)c2c(C2C(O)C(c3c4cccc5c4c4c6c(cccc36)CCN4CC5)C2O)c2c(O)cccc12. The molecule has 3 aliphatic rings. The molecule has 0 spiro atoms. The number of rotatable bonds is 3. The van der Waals surface area contributed by atoms with Crippen LogP contribution in [0.15, 0.2) is 72.8 Å². The Labute approximate surface area is 255 Å². The Morgan fingerprint density at radius 2 is 1.05 bits per heavy atom. The van der Waals surface area contributed by atoms with Crippen molar-refractivity contribution in [3.8, 4) is 11.5 Å². The molecular formula is C38H34N2O4. The van der Waals surface area contributed by atoms with Crippen LogP contribution in [0.25, 0.3) is 43.1 Å². The van der Waals surface area contributed by atoms with Crippen molar-refractivity contribution in [1.29, 1.82) is 0 Å². The van der Waals surface area contributed by atoms with Crippen molar-refractivity contribution in [2.45, 2.75) is 36.9 Å². The maximum atomic E-state index is 12.2. The summed E-state index contributed by atoms with van der Waals surface area (Å²) < 4.78 is 0. The number of benzene rings is 6. The van der Waals surface area contributed by atoms with Crippen LogP contribution in [0.4, 0.5) is 11.4 Å². The fourth-order valence-corrected chi connectivity index (χ4v) is 8.93. The average molecular weight is 583 g/mol. The number of hydrogen-bond acceptors (Lipinski definition) is 6. The van der Waals surface area contributed by atoms with Gasteiger partial charge in [0.2, 0.25) is 0 Å². The minimum atomic E-state index is -0.938. The van der Waals surface area contributed by atoms with Crippen molar-refractivity contribution < 1.29 is 20.4 Å². The lowest BCUT2D eigenvalue weighted by Crippen LogP contribution is -2.52. The largest absolute Gasteiger partial charge is 0.507 e. The van der Waals surface area contributed by atoms with Crippen LogP contribution < -0.4 is 9.80 Å². The van der Waals surface area contributed by atoms with Crippen molar-refractivity contribution in [3.05, 3.63) is 95.1 Å². The van der Waals surface area contributed by atoms with Crippen LogP contribution in [0.2, 0.25) is 0 Å². The lowest BCUT2D eigenvalue weighted by molar-refractivity contribution is -0.0766. The van der Waals surface area contributed by atoms with Gasteiger partial charge in [0.25, 0.3) is 0 Å². The molecule has 0 radical (unpaired) electrons. The molecule has 1 saturated carbocycles. The predicted molar refractivity (Wildman–Crippen MR) is 178 cm³/mol. The van der Waals surface area contributed by atoms with Crippen LogP contribution in [0.3, 0.4) is 0 Å². The molecule has 0 aromatic heterocycles. The maximum Gasteiger partial charge on any atom is 0.123 e. The van der Waals surface area contributed by atoms with Gasteiger partial charge in [-0.2, -0.15) is 0 Å². The summed E-state index contributed by atoms with van der Waals surface area (Å²) in [6.45, 7) is 2.00. The Bertz CT molecular complexity index is 2060. The van der Waals surface area contributed by atoms with Gasteiger partial charge in [0.05, 0.1) is 23.6 Å². The number of hydrogen-bond donors (Lipinski definition) is 4. The van der Waals surface area contributed by atoms with Crippen LogP contribution in [0.5, 0.6) is 11.5 Å². The number of nitrogens with zero attached hydrogens (tertiary/aromatic N) is 2. The zero-order chi connectivity index (χ0) is 30.0. The molecule has 44 heavy (non-hydrogen) atoms. The predicted octanol–water partition coefficient (Wildman–Crippen LogP) is 6.30. The van der Waals surface area contributed by atoms with E-state index in [9.17, 15) is 20.4 Å². The van der Waals surface area contributed by atoms with Crippen molar-refractivity contribution in [3.63, 3.8) is 0 Å². The first kappa shape index (κ1) is 25.9. The molecule has 6 nitrogen and oxygen atoms in total. The van der Waals surface area contributed by atoms with E-state index in [0.29, 0.717) is 16.3 Å². The van der Waals surface area contributed by atoms with Crippen LogP contribution in [-0.4, -0.2) is 59.8 Å². The number of aliphatic hydroxyl groups excluding tert-OH is 2. The van der Waals surface area contributed by atoms with Gasteiger partial charge < -0.3 is 30.2 Å². The number of aromatic hydroxyl groups is 2. The summed E-state index contributed by atoms with van der Waals surface area (Å²) >= 11 is 0. The topological polar surface area (TPSA) is 87.4 Å². The van der Waals surface area contributed by atoms with Crippen molar-refractivity contribution in [2.24, 2.45) is 0 Å². The first-order valence-electron chi connectivity index (χ1n) is 15.5. The highest BCUT2D eigenvalue weighted by Gasteiger charge is 2.53. The molecule has 1 fully saturated rings. The second kappa shape index (κ2) is 9.00. The number of phenols is 2. The zero-order valence-corrected chi connectivity index (χ0v) is 24.7. The Morgan fingerprint density at radius 1 is 0.591 bits per heavy atom. The van der Waals surface area contributed by atoms with E-state index in [0.717, 1.165) is 58.7 Å². The van der Waals surface area contributed by atoms with Gasteiger partial charge in [-0.1, -0.05) is 60.7 Å². The Morgan fingerprint density at radius 3 is 1.55 bits per heavy atom. The third-order valence-corrected chi connectivity index (χ3v) is 10.7. The summed E-state index contributed by atoms with van der Waals surface area (Å²) in [6, 6.07) is 23.8. The lowest BCUT2D eigenvalue weighted by Gasteiger charge is -2.49. The van der Waals surface area contributed by atoms with Gasteiger partial charge in [-0.3, -0.25) is 0 Å². The van der Waals surface area contributed by atoms with Gasteiger partial charge in [0, 0.05) is 71.3 Å². The summed E-state index contributed by atoms with van der Waals surface area (Å²) in [4.78, 5) is 4.50. The van der Waals surface area contributed by atoms with E-state index in [1.807, 2.05) is 43.3 Å². The van der Waals surface area contributed by atoms with Gasteiger partial charge in [0.1, 0.15) is 11.5 Å². The molecule has 6 aromatic carbocycles. The van der Waals surface area contributed by atoms with E-state index in [-0.39, 0.29) is 11.5 Å². The zero-order valence-electron chi connectivity index (χ0n) is 24.7. The van der Waals surface area contributed by atoms with E-state index in [1.54, 1.807) is 12.1 Å². The molecule has 2 aliphatic heterocycles. The Hall–Kier alpha value is -4.52. The van der Waals surface area contributed by atoms with Crippen LogP contribution in [0.1, 0.15) is 34.1 Å². The van der Waals surface area contributed by atoms with E-state index in [1.165, 1.54) is 27.6 Å². The second-order valence-electron chi connectivity index (χ2n) is 13.0. The van der Waals surface area contributed by atoms with E-state index < -0.39 is 24.0 Å². The second-order valence-corrected chi connectivity index (χ2v) is 13.0. The van der Waals surface area contributed by atoms with E-state index >= 15 is 0 Å². The Balaban J connectivity index is 1.32. The highest BCUT2D eigenvalue weighted by Crippen LogP contribution is 2.58. The standard InChI is InChI=1S/C38H34N2O4/c1-39(2)35-23-11-5-13-25(41)30(23)32(31-24(35)12-6-14-26(31)42)34-37(43)33(38(34)44)29-21-9-3-7-19-15-17-40-18-16-20-8-4-10-22(29)28(20)36(40)27(19)21/h3-14,33-34,37-38,41-44H,15-18H2,1-2H3. The van der Waals surface area contributed by atoms with Gasteiger partial charge in [0.15, 0.2) is 0 Å². The molecular weight excluding hydrogens is 548 g/mol. The number of anilines is 2. The number of aliphatic hydroxyl groups is 2. The molecule has 2 atom stereocenters. The quantitative estimate of drug-likeness (QED) is 0.183. The minimum absolute atomic E-state index is 0.0625. The molecule has 1 aliphatic carbocycles. The summed E-state index contributed by atoms with van der Waals surface area (Å²) in [6.07, 6.45) is 0.0783. The molecule has 0 bridgehead atoms. The first-order chi connectivity index (χ1) is 21.4. The lowest BCUT2D eigenvalue weighted by atomic mass is 9.60. The normalized spacial score (nSPS) is 22.3. The summed E-state index contributed by atoms with van der Waals surface area (Å²) in [5, 5.41) is 54.5. The molecule has 4 N–H and O–H groups in total. The highest BCUT2D eigenvalue weighted by atomic mass is 16.3.